The van der Waals surface area contributed by atoms with E-state index >= 15 is 0 Å². The van der Waals surface area contributed by atoms with Gasteiger partial charge in [0, 0.05) is 13.1 Å². The highest BCUT2D eigenvalue weighted by Gasteiger charge is 2.33. The number of rotatable bonds is 4. The van der Waals surface area contributed by atoms with Crippen LogP contribution in [0.1, 0.15) is 30.5 Å². The molecule has 0 amide bonds. The van der Waals surface area contributed by atoms with Crippen LogP contribution in [0.25, 0.3) is 0 Å². The van der Waals surface area contributed by atoms with Crippen molar-refractivity contribution in [2.24, 2.45) is 0 Å². The Labute approximate surface area is 121 Å². The van der Waals surface area contributed by atoms with Gasteiger partial charge < -0.3 is 10.2 Å². The average Bonchev–Trinajstić information content (AvgIpc) is 2.47. The van der Waals surface area contributed by atoms with Gasteiger partial charge in [-0.3, -0.25) is 0 Å². The Balaban J connectivity index is 1.99. The quantitative estimate of drug-likeness (QED) is 0.928. The van der Waals surface area contributed by atoms with Crippen molar-refractivity contribution >= 4 is 5.82 Å². The van der Waals surface area contributed by atoms with Crippen molar-refractivity contribution in [1.29, 1.82) is 5.26 Å². The van der Waals surface area contributed by atoms with E-state index in [4.69, 9.17) is 5.26 Å². The van der Waals surface area contributed by atoms with Gasteiger partial charge in [-0.25, -0.2) is 4.98 Å². The lowest BCUT2D eigenvalue weighted by molar-refractivity contribution is -0.141. The SMILES string of the molecule is N#Cc1ccc(C(F)(F)F)nc1NCCN1CCCCC1. The van der Waals surface area contributed by atoms with Crippen molar-refractivity contribution in [3.63, 3.8) is 0 Å². The first-order valence-corrected chi connectivity index (χ1v) is 6.95. The Kier molecular flexibility index (Phi) is 5.02. The average molecular weight is 298 g/mol. The van der Waals surface area contributed by atoms with E-state index in [9.17, 15) is 13.2 Å². The number of likely N-dealkylation sites (tertiary alicyclic amines) is 1. The van der Waals surface area contributed by atoms with Crippen molar-refractivity contribution in [2.45, 2.75) is 25.4 Å². The highest BCUT2D eigenvalue weighted by atomic mass is 19.4. The number of hydrogen-bond donors (Lipinski definition) is 1. The van der Waals surface area contributed by atoms with Gasteiger partial charge in [-0.05, 0) is 38.1 Å². The minimum Gasteiger partial charge on any atom is -0.368 e. The Morgan fingerprint density at radius 1 is 1.24 bits per heavy atom. The van der Waals surface area contributed by atoms with Crippen molar-refractivity contribution in [3.8, 4) is 6.07 Å². The first kappa shape index (κ1) is 15.6. The highest BCUT2D eigenvalue weighted by Crippen LogP contribution is 2.29. The first-order valence-electron chi connectivity index (χ1n) is 6.95. The zero-order valence-electron chi connectivity index (χ0n) is 11.6. The van der Waals surface area contributed by atoms with E-state index in [2.05, 4.69) is 15.2 Å². The fourth-order valence-electron chi connectivity index (χ4n) is 2.36. The van der Waals surface area contributed by atoms with Gasteiger partial charge in [-0.15, -0.1) is 0 Å². The molecule has 1 saturated heterocycles. The maximum atomic E-state index is 12.6. The molecule has 114 valence electrons. The number of nitrogens with one attached hydrogen (secondary N) is 1. The number of halogens is 3. The summed E-state index contributed by atoms with van der Waals surface area (Å²) in [6.45, 7) is 3.25. The number of piperidine rings is 1. The summed E-state index contributed by atoms with van der Waals surface area (Å²) in [6, 6.07) is 3.84. The lowest BCUT2D eigenvalue weighted by atomic mass is 10.1. The van der Waals surface area contributed by atoms with E-state index in [1.807, 2.05) is 6.07 Å². The molecule has 0 aliphatic carbocycles. The zero-order valence-corrected chi connectivity index (χ0v) is 11.6. The molecule has 0 unspecified atom stereocenters. The van der Waals surface area contributed by atoms with E-state index in [1.165, 1.54) is 6.42 Å². The fourth-order valence-corrected chi connectivity index (χ4v) is 2.36. The van der Waals surface area contributed by atoms with E-state index < -0.39 is 11.9 Å². The molecule has 1 aliphatic rings. The Morgan fingerprint density at radius 2 is 1.95 bits per heavy atom. The summed E-state index contributed by atoms with van der Waals surface area (Å²) in [6.07, 6.45) is -0.953. The number of pyridine rings is 1. The third kappa shape index (κ3) is 4.33. The number of alkyl halides is 3. The smallest absolute Gasteiger partial charge is 0.368 e. The van der Waals surface area contributed by atoms with Gasteiger partial charge in [0.05, 0.1) is 5.56 Å². The standard InChI is InChI=1S/C14H17F3N4/c15-14(16,17)12-5-4-11(10-18)13(20-12)19-6-9-21-7-2-1-3-8-21/h4-5H,1-3,6-9H2,(H,19,20). The van der Waals surface area contributed by atoms with Crippen LogP contribution in [0.2, 0.25) is 0 Å². The predicted molar refractivity (Wildman–Crippen MR) is 72.7 cm³/mol. The fraction of sp³-hybridized carbons (Fsp3) is 0.571. The molecule has 1 N–H and O–H groups in total. The summed E-state index contributed by atoms with van der Waals surface area (Å²) >= 11 is 0. The summed E-state index contributed by atoms with van der Waals surface area (Å²) < 4.78 is 37.9. The molecule has 1 aromatic heterocycles. The largest absolute Gasteiger partial charge is 0.433 e. The van der Waals surface area contributed by atoms with E-state index in [0.717, 1.165) is 44.6 Å². The van der Waals surface area contributed by atoms with E-state index in [1.54, 1.807) is 0 Å². The van der Waals surface area contributed by atoms with Crippen LogP contribution in [0.3, 0.4) is 0 Å². The van der Waals surface area contributed by atoms with E-state index in [0.29, 0.717) is 6.54 Å². The van der Waals surface area contributed by atoms with Crippen LogP contribution in [0.4, 0.5) is 19.0 Å². The Hall–Kier alpha value is -1.81. The van der Waals surface area contributed by atoms with Crippen molar-refractivity contribution in [2.75, 3.05) is 31.5 Å². The monoisotopic (exact) mass is 298 g/mol. The molecule has 0 spiro atoms. The van der Waals surface area contributed by atoms with Gasteiger partial charge in [-0.1, -0.05) is 6.42 Å². The lowest BCUT2D eigenvalue weighted by Gasteiger charge is -2.26. The molecule has 1 aromatic rings. The predicted octanol–water partition coefficient (Wildman–Crippen LogP) is 2.87. The second kappa shape index (κ2) is 6.76. The molecule has 2 rings (SSSR count). The molecule has 0 aromatic carbocycles. The van der Waals surface area contributed by atoms with Gasteiger partial charge in [0.15, 0.2) is 0 Å². The van der Waals surface area contributed by atoms with Crippen LogP contribution >= 0.6 is 0 Å². The van der Waals surface area contributed by atoms with Crippen LogP contribution in [0, 0.1) is 11.3 Å². The second-order valence-corrected chi connectivity index (χ2v) is 5.03. The van der Waals surface area contributed by atoms with Gasteiger partial charge in [-0.2, -0.15) is 18.4 Å². The molecule has 0 atom stereocenters. The number of nitrogens with zero attached hydrogens (tertiary/aromatic N) is 3. The van der Waals surface area contributed by atoms with Crippen LogP contribution in [0.15, 0.2) is 12.1 Å². The van der Waals surface area contributed by atoms with Gasteiger partial charge in [0.2, 0.25) is 0 Å². The first-order chi connectivity index (χ1) is 10.0. The molecular weight excluding hydrogens is 281 g/mol. The van der Waals surface area contributed by atoms with Crippen LogP contribution in [0.5, 0.6) is 0 Å². The minimum atomic E-state index is -4.50. The molecule has 2 heterocycles. The second-order valence-electron chi connectivity index (χ2n) is 5.03. The summed E-state index contributed by atoms with van der Waals surface area (Å²) in [5.74, 6) is 0.00401. The van der Waals surface area contributed by atoms with Gasteiger partial charge in [0.1, 0.15) is 17.6 Å². The summed E-state index contributed by atoms with van der Waals surface area (Å²) in [5.41, 5.74) is -0.858. The maximum absolute atomic E-state index is 12.6. The van der Waals surface area contributed by atoms with Crippen LogP contribution < -0.4 is 5.32 Å². The molecule has 7 heteroatoms. The van der Waals surface area contributed by atoms with Crippen LogP contribution in [-0.4, -0.2) is 36.1 Å². The summed E-state index contributed by atoms with van der Waals surface area (Å²) in [5, 5.41) is 11.8. The topological polar surface area (TPSA) is 52.0 Å². The number of nitriles is 1. The molecule has 4 nitrogen and oxygen atoms in total. The molecule has 0 radical (unpaired) electrons. The summed E-state index contributed by atoms with van der Waals surface area (Å²) in [4.78, 5) is 5.78. The molecule has 0 saturated carbocycles. The summed E-state index contributed by atoms with van der Waals surface area (Å²) in [7, 11) is 0. The van der Waals surface area contributed by atoms with Crippen molar-refractivity contribution in [3.05, 3.63) is 23.4 Å². The minimum absolute atomic E-state index is 0.00401. The third-order valence-corrected chi connectivity index (χ3v) is 3.48. The van der Waals surface area contributed by atoms with Crippen molar-refractivity contribution < 1.29 is 13.2 Å². The van der Waals surface area contributed by atoms with Gasteiger partial charge in [0.25, 0.3) is 0 Å². The molecular formula is C14H17F3N4. The molecule has 1 fully saturated rings. The Bertz CT molecular complexity index is 516. The van der Waals surface area contributed by atoms with Gasteiger partial charge >= 0.3 is 6.18 Å². The molecule has 0 bridgehead atoms. The molecule has 21 heavy (non-hydrogen) atoms. The van der Waals surface area contributed by atoms with E-state index in [-0.39, 0.29) is 11.4 Å². The molecule has 1 aliphatic heterocycles. The Morgan fingerprint density at radius 3 is 2.57 bits per heavy atom. The maximum Gasteiger partial charge on any atom is 0.433 e. The number of hydrogen-bond acceptors (Lipinski definition) is 4. The number of anilines is 1. The third-order valence-electron chi connectivity index (χ3n) is 3.48. The van der Waals surface area contributed by atoms with Crippen LogP contribution in [-0.2, 0) is 6.18 Å². The normalized spacial score (nSPS) is 16.5. The number of aromatic nitrogens is 1. The highest BCUT2D eigenvalue weighted by molar-refractivity contribution is 5.52. The zero-order chi connectivity index (χ0) is 15.3. The lowest BCUT2D eigenvalue weighted by Crippen LogP contribution is -2.33. The van der Waals surface area contributed by atoms with Crippen molar-refractivity contribution in [1.82, 2.24) is 9.88 Å².